The van der Waals surface area contributed by atoms with Crippen molar-refractivity contribution in [3.05, 3.63) is 53.7 Å². The Labute approximate surface area is 186 Å². The van der Waals surface area contributed by atoms with Crippen molar-refractivity contribution in [3.63, 3.8) is 0 Å². The van der Waals surface area contributed by atoms with Gasteiger partial charge < -0.3 is 24.4 Å². The Kier molecular flexibility index (Phi) is 6.25. The van der Waals surface area contributed by atoms with Crippen LogP contribution in [-0.4, -0.2) is 69.4 Å². The third kappa shape index (κ3) is 4.51. The standard InChI is InChI=1S/C19H19F2N7O3S/c1-30-19(32)22-10-12-11-28(25-24-12)13-8-14(20)17(15(21)9-13)26-4-6-27(7-5-26)18(29)16-2-3-23-31-16/h2-3,8-9,11H,4-7,10H2,1H3,(H,22,32). The second-order valence-corrected chi connectivity index (χ2v) is 7.28. The number of halogens is 2. The highest BCUT2D eigenvalue weighted by Crippen LogP contribution is 2.27. The lowest BCUT2D eigenvalue weighted by molar-refractivity contribution is 0.0704. The number of nitrogens with zero attached hydrogens (tertiary/aromatic N) is 6. The third-order valence-corrected chi connectivity index (χ3v) is 5.25. The van der Waals surface area contributed by atoms with Crippen molar-refractivity contribution in [1.29, 1.82) is 0 Å². The first-order valence-electron chi connectivity index (χ1n) is 9.63. The molecule has 0 unspecified atom stereocenters. The van der Waals surface area contributed by atoms with E-state index in [-0.39, 0.29) is 47.9 Å². The van der Waals surface area contributed by atoms with Gasteiger partial charge in [0.25, 0.3) is 11.1 Å². The van der Waals surface area contributed by atoms with Crippen molar-refractivity contribution >= 4 is 29.0 Å². The van der Waals surface area contributed by atoms with E-state index in [1.54, 1.807) is 9.80 Å². The first-order chi connectivity index (χ1) is 15.5. The van der Waals surface area contributed by atoms with Gasteiger partial charge in [0.15, 0.2) is 11.6 Å². The molecule has 1 fully saturated rings. The fourth-order valence-electron chi connectivity index (χ4n) is 3.34. The number of thiocarbonyl (C=S) groups is 1. The number of piperazine rings is 1. The lowest BCUT2D eigenvalue weighted by Gasteiger charge is -2.35. The molecule has 1 aliphatic heterocycles. The van der Waals surface area contributed by atoms with Crippen LogP contribution in [0.5, 0.6) is 0 Å². The van der Waals surface area contributed by atoms with E-state index in [2.05, 4.69) is 20.8 Å². The van der Waals surface area contributed by atoms with Crippen LogP contribution in [0.3, 0.4) is 0 Å². The summed E-state index contributed by atoms with van der Waals surface area (Å²) < 4.78 is 40.7. The quantitative estimate of drug-likeness (QED) is 0.564. The molecule has 1 aromatic carbocycles. The van der Waals surface area contributed by atoms with Gasteiger partial charge in [0.2, 0.25) is 5.76 Å². The number of aromatic nitrogens is 4. The molecule has 4 rings (SSSR count). The van der Waals surface area contributed by atoms with E-state index in [9.17, 15) is 13.6 Å². The summed E-state index contributed by atoms with van der Waals surface area (Å²) in [6, 6.07) is 3.86. The molecule has 168 valence electrons. The number of carbonyl (C=O) groups excluding carboxylic acids is 1. The molecule has 0 radical (unpaired) electrons. The monoisotopic (exact) mass is 463 g/mol. The molecule has 1 aliphatic rings. The van der Waals surface area contributed by atoms with Crippen molar-refractivity contribution in [2.24, 2.45) is 0 Å². The second kappa shape index (κ2) is 9.26. The molecular weight excluding hydrogens is 444 g/mol. The molecule has 1 N–H and O–H groups in total. The number of nitrogens with one attached hydrogen (secondary N) is 1. The lowest BCUT2D eigenvalue weighted by Crippen LogP contribution is -2.49. The Bertz CT molecular complexity index is 1090. The molecule has 32 heavy (non-hydrogen) atoms. The number of ether oxygens (including phenoxy) is 1. The van der Waals surface area contributed by atoms with Crippen molar-refractivity contribution < 1.29 is 22.8 Å². The second-order valence-electron chi connectivity index (χ2n) is 6.91. The zero-order chi connectivity index (χ0) is 22.7. The minimum atomic E-state index is -0.731. The van der Waals surface area contributed by atoms with Crippen LogP contribution in [0.25, 0.3) is 5.69 Å². The summed E-state index contributed by atoms with van der Waals surface area (Å²) in [7, 11) is 1.44. The van der Waals surface area contributed by atoms with E-state index >= 15 is 0 Å². The average Bonchev–Trinajstić information content (AvgIpc) is 3.49. The van der Waals surface area contributed by atoms with Crippen LogP contribution in [0.15, 0.2) is 35.1 Å². The largest absolute Gasteiger partial charge is 0.474 e. The third-order valence-electron chi connectivity index (χ3n) is 4.94. The fourth-order valence-corrected chi connectivity index (χ4v) is 3.41. The number of rotatable bonds is 5. The van der Waals surface area contributed by atoms with E-state index in [4.69, 9.17) is 21.5 Å². The topological polar surface area (TPSA) is 102 Å². The van der Waals surface area contributed by atoms with Gasteiger partial charge in [-0.15, -0.1) is 5.10 Å². The van der Waals surface area contributed by atoms with Crippen LogP contribution in [0.4, 0.5) is 14.5 Å². The van der Waals surface area contributed by atoms with Crippen molar-refractivity contribution in [1.82, 2.24) is 30.4 Å². The van der Waals surface area contributed by atoms with Crippen molar-refractivity contribution in [2.45, 2.75) is 6.54 Å². The maximum absolute atomic E-state index is 14.9. The molecule has 3 heterocycles. The summed E-state index contributed by atoms with van der Waals surface area (Å²) in [5.41, 5.74) is 0.561. The van der Waals surface area contributed by atoms with Gasteiger partial charge in [0.05, 0.1) is 31.7 Å². The molecule has 0 aliphatic carbocycles. The summed E-state index contributed by atoms with van der Waals surface area (Å²) in [4.78, 5) is 15.5. The minimum Gasteiger partial charge on any atom is -0.474 e. The minimum absolute atomic E-state index is 0.131. The summed E-state index contributed by atoms with van der Waals surface area (Å²) in [6.07, 6.45) is 2.92. The Hall–Kier alpha value is -3.61. The van der Waals surface area contributed by atoms with E-state index in [0.717, 1.165) is 0 Å². The molecular formula is C19H19F2N7O3S. The SMILES string of the molecule is COC(=S)NCc1cn(-c2cc(F)c(N3CCN(C(=O)c4ccno4)CC3)c(F)c2)nn1. The Morgan fingerprint density at radius 1 is 1.25 bits per heavy atom. The van der Waals surface area contributed by atoms with Gasteiger partial charge in [-0.3, -0.25) is 4.79 Å². The summed E-state index contributed by atoms with van der Waals surface area (Å²) in [5, 5.41) is 14.4. The van der Waals surface area contributed by atoms with Gasteiger partial charge in [-0.25, -0.2) is 13.5 Å². The van der Waals surface area contributed by atoms with Crippen LogP contribution in [0, 0.1) is 11.6 Å². The predicted molar refractivity (Wildman–Crippen MR) is 112 cm³/mol. The first-order valence-corrected chi connectivity index (χ1v) is 10.0. The maximum atomic E-state index is 14.9. The van der Waals surface area contributed by atoms with Gasteiger partial charge in [0.1, 0.15) is 11.4 Å². The average molecular weight is 463 g/mol. The summed E-state index contributed by atoms with van der Waals surface area (Å²) >= 11 is 4.89. The number of methoxy groups -OCH3 is 1. The van der Waals surface area contributed by atoms with Gasteiger partial charge in [-0.2, -0.15) is 0 Å². The molecule has 10 nitrogen and oxygen atoms in total. The van der Waals surface area contributed by atoms with Crippen LogP contribution in [0.2, 0.25) is 0 Å². The molecule has 1 amide bonds. The van der Waals surface area contributed by atoms with Crippen molar-refractivity contribution in [2.75, 3.05) is 38.2 Å². The number of hydrogen-bond donors (Lipinski definition) is 1. The van der Waals surface area contributed by atoms with Gasteiger partial charge in [-0.1, -0.05) is 10.4 Å². The Morgan fingerprint density at radius 2 is 1.97 bits per heavy atom. The Morgan fingerprint density at radius 3 is 2.59 bits per heavy atom. The van der Waals surface area contributed by atoms with E-state index in [0.29, 0.717) is 18.8 Å². The zero-order valence-corrected chi connectivity index (χ0v) is 17.8. The summed E-state index contributed by atoms with van der Waals surface area (Å²) in [6.45, 7) is 1.38. The van der Waals surface area contributed by atoms with Crippen LogP contribution < -0.4 is 10.2 Å². The lowest BCUT2D eigenvalue weighted by atomic mass is 10.2. The normalized spacial score (nSPS) is 13.8. The molecule has 1 saturated heterocycles. The molecule has 2 aromatic heterocycles. The number of carbonyl (C=O) groups is 1. The van der Waals surface area contributed by atoms with Crippen LogP contribution in [-0.2, 0) is 11.3 Å². The number of amides is 1. The summed E-state index contributed by atoms with van der Waals surface area (Å²) in [5.74, 6) is -1.63. The highest BCUT2D eigenvalue weighted by atomic mass is 32.1. The Balaban J connectivity index is 1.44. The van der Waals surface area contributed by atoms with Crippen LogP contribution in [0.1, 0.15) is 16.2 Å². The van der Waals surface area contributed by atoms with E-state index < -0.39 is 11.6 Å². The molecule has 13 heteroatoms. The van der Waals surface area contributed by atoms with Crippen LogP contribution >= 0.6 is 12.2 Å². The molecule has 0 bridgehead atoms. The zero-order valence-electron chi connectivity index (χ0n) is 17.0. The predicted octanol–water partition coefficient (Wildman–Crippen LogP) is 1.52. The molecule has 0 atom stereocenters. The van der Waals surface area contributed by atoms with Gasteiger partial charge in [0, 0.05) is 44.4 Å². The number of hydrogen-bond acceptors (Lipinski definition) is 8. The van der Waals surface area contributed by atoms with Gasteiger partial charge in [-0.05, 0) is 12.2 Å². The highest BCUT2D eigenvalue weighted by Gasteiger charge is 2.27. The highest BCUT2D eigenvalue weighted by molar-refractivity contribution is 7.80. The maximum Gasteiger partial charge on any atom is 0.292 e. The van der Waals surface area contributed by atoms with E-state index in [1.165, 1.54) is 42.4 Å². The van der Waals surface area contributed by atoms with Gasteiger partial charge >= 0.3 is 0 Å². The van der Waals surface area contributed by atoms with E-state index in [1.807, 2.05) is 0 Å². The first kappa shape index (κ1) is 21.6. The smallest absolute Gasteiger partial charge is 0.292 e. The fraction of sp³-hybridized carbons (Fsp3) is 0.316. The molecule has 3 aromatic rings. The number of anilines is 1. The number of benzene rings is 1. The van der Waals surface area contributed by atoms with Crippen molar-refractivity contribution in [3.8, 4) is 5.69 Å². The molecule has 0 spiro atoms. The molecule has 0 saturated carbocycles.